The Hall–Kier alpha value is -3.52. The number of aromatic nitrogens is 1. The van der Waals surface area contributed by atoms with E-state index in [1.165, 1.54) is 0 Å². The van der Waals surface area contributed by atoms with E-state index in [2.05, 4.69) is 29.6 Å². The number of hydrogen-bond donors (Lipinski definition) is 2. The van der Waals surface area contributed by atoms with Gasteiger partial charge in [0.15, 0.2) is 5.76 Å². The summed E-state index contributed by atoms with van der Waals surface area (Å²) in [7, 11) is 1.61. The number of carbonyl (C=O) groups excluding carboxylic acids is 2. The molecule has 2 aromatic heterocycles. The summed E-state index contributed by atoms with van der Waals surface area (Å²) in [5.74, 6) is 0.662. The van der Waals surface area contributed by atoms with Crippen LogP contribution in [0.15, 0.2) is 46.9 Å². The summed E-state index contributed by atoms with van der Waals surface area (Å²) in [4.78, 5) is 27.3. The van der Waals surface area contributed by atoms with Crippen LogP contribution in [0.3, 0.4) is 0 Å². The van der Waals surface area contributed by atoms with Gasteiger partial charge < -0.3 is 13.7 Å². The minimum absolute atomic E-state index is 0.148. The number of furan rings is 1. The molecular weight excluding hydrogens is 408 g/mol. The lowest BCUT2D eigenvalue weighted by Gasteiger charge is -2.15. The molecular formula is C24H30N4O4. The molecule has 2 amide bonds. The number of benzene rings is 1. The van der Waals surface area contributed by atoms with Crippen molar-refractivity contribution in [2.75, 3.05) is 20.2 Å². The van der Waals surface area contributed by atoms with E-state index in [1.54, 1.807) is 25.3 Å². The zero-order chi connectivity index (χ0) is 23.3. The average molecular weight is 439 g/mol. The van der Waals surface area contributed by atoms with Crippen LogP contribution in [0, 0.1) is 13.8 Å². The van der Waals surface area contributed by atoms with Gasteiger partial charge >= 0.3 is 5.91 Å². The van der Waals surface area contributed by atoms with E-state index in [0.29, 0.717) is 17.9 Å². The van der Waals surface area contributed by atoms with Crippen molar-refractivity contribution in [2.45, 2.75) is 34.2 Å². The Labute approximate surface area is 188 Å². The Morgan fingerprint density at radius 3 is 2.44 bits per heavy atom. The molecule has 0 aliphatic heterocycles. The lowest BCUT2D eigenvalue weighted by Crippen LogP contribution is -2.41. The number of hydrazine groups is 1. The van der Waals surface area contributed by atoms with Gasteiger partial charge in [-0.3, -0.25) is 25.3 Å². The van der Waals surface area contributed by atoms with Gasteiger partial charge in [0.05, 0.1) is 19.2 Å². The lowest BCUT2D eigenvalue weighted by molar-refractivity contribution is 0.0828. The summed E-state index contributed by atoms with van der Waals surface area (Å²) in [6, 6.07) is 12.8. The number of methoxy groups -OCH3 is 1. The number of aryl methyl sites for hydroxylation is 1. The molecule has 1 aromatic carbocycles. The van der Waals surface area contributed by atoms with Gasteiger partial charge in [-0.15, -0.1) is 0 Å². The van der Waals surface area contributed by atoms with Crippen molar-refractivity contribution in [3.8, 4) is 11.4 Å². The van der Waals surface area contributed by atoms with Crippen molar-refractivity contribution >= 4 is 11.8 Å². The molecule has 0 bridgehead atoms. The minimum atomic E-state index is -0.509. The van der Waals surface area contributed by atoms with E-state index >= 15 is 0 Å². The Bertz CT molecular complexity index is 1100. The first kappa shape index (κ1) is 23.1. The average Bonchev–Trinajstić information content (AvgIpc) is 3.39. The summed E-state index contributed by atoms with van der Waals surface area (Å²) in [6.07, 6.45) is 0. The predicted molar refractivity (Wildman–Crippen MR) is 122 cm³/mol. The van der Waals surface area contributed by atoms with Crippen molar-refractivity contribution in [2.24, 2.45) is 0 Å². The number of nitrogens with one attached hydrogen (secondary N) is 2. The minimum Gasteiger partial charge on any atom is -0.497 e. The van der Waals surface area contributed by atoms with E-state index in [4.69, 9.17) is 9.15 Å². The summed E-state index contributed by atoms with van der Waals surface area (Å²) >= 11 is 0. The fourth-order valence-corrected chi connectivity index (χ4v) is 3.63. The molecule has 0 saturated carbocycles. The highest BCUT2D eigenvalue weighted by Crippen LogP contribution is 2.23. The van der Waals surface area contributed by atoms with Gasteiger partial charge in [-0.2, -0.15) is 0 Å². The molecule has 0 fully saturated rings. The highest BCUT2D eigenvalue weighted by Gasteiger charge is 2.19. The largest absolute Gasteiger partial charge is 0.497 e. The molecule has 0 aliphatic rings. The van der Waals surface area contributed by atoms with Gasteiger partial charge in [0, 0.05) is 23.1 Å². The number of ether oxygens (including phenoxy) is 1. The first-order valence-corrected chi connectivity index (χ1v) is 10.6. The second-order valence-electron chi connectivity index (χ2n) is 7.46. The van der Waals surface area contributed by atoms with Crippen molar-refractivity contribution in [3.05, 3.63) is 70.9 Å². The van der Waals surface area contributed by atoms with Gasteiger partial charge in [0.2, 0.25) is 0 Å². The molecule has 0 radical (unpaired) electrons. The summed E-state index contributed by atoms with van der Waals surface area (Å²) in [6.45, 7) is 10.3. The van der Waals surface area contributed by atoms with Crippen molar-refractivity contribution in [1.82, 2.24) is 20.3 Å². The maximum atomic E-state index is 12.7. The Balaban J connectivity index is 1.68. The molecule has 0 spiro atoms. The number of nitrogens with zero attached hydrogens (tertiary/aromatic N) is 2. The van der Waals surface area contributed by atoms with Crippen LogP contribution in [0.1, 0.15) is 51.9 Å². The topological polar surface area (TPSA) is 88.7 Å². The van der Waals surface area contributed by atoms with E-state index < -0.39 is 11.8 Å². The maximum Gasteiger partial charge on any atom is 0.305 e. The standard InChI is InChI=1S/C24H30N4O4/c1-6-27(7-2)15-20-11-12-22(32-20)24(30)26-25-23(29)21-13-16(3)28(17(21)4)18-9-8-10-19(14-18)31-5/h8-14H,6-7,15H2,1-5H3,(H,25,29)(H,26,30). The second-order valence-corrected chi connectivity index (χ2v) is 7.46. The molecule has 8 nitrogen and oxygen atoms in total. The van der Waals surface area contributed by atoms with Crippen LogP contribution in [-0.2, 0) is 6.54 Å². The molecule has 8 heteroatoms. The fraction of sp³-hybridized carbons (Fsp3) is 0.333. The van der Waals surface area contributed by atoms with E-state index in [1.807, 2.05) is 42.7 Å². The van der Waals surface area contributed by atoms with Crippen LogP contribution in [0.5, 0.6) is 5.75 Å². The summed E-state index contributed by atoms with van der Waals surface area (Å²) in [5, 5.41) is 0. The maximum absolute atomic E-state index is 12.7. The first-order valence-electron chi connectivity index (χ1n) is 10.6. The Kier molecular flexibility index (Phi) is 7.37. The zero-order valence-electron chi connectivity index (χ0n) is 19.2. The SMILES string of the molecule is CCN(CC)Cc1ccc(C(=O)NNC(=O)c2cc(C)n(-c3cccc(OC)c3)c2C)o1. The van der Waals surface area contributed by atoms with E-state index in [0.717, 1.165) is 35.9 Å². The fourth-order valence-electron chi connectivity index (χ4n) is 3.63. The Morgan fingerprint density at radius 1 is 1.03 bits per heavy atom. The first-order chi connectivity index (χ1) is 15.4. The van der Waals surface area contributed by atoms with Crippen molar-refractivity contribution in [3.63, 3.8) is 0 Å². The smallest absolute Gasteiger partial charge is 0.305 e. The van der Waals surface area contributed by atoms with Gasteiger partial charge in [-0.1, -0.05) is 19.9 Å². The molecule has 0 saturated heterocycles. The summed E-state index contributed by atoms with van der Waals surface area (Å²) < 4.78 is 12.9. The number of amides is 2. The van der Waals surface area contributed by atoms with Crippen molar-refractivity contribution in [1.29, 1.82) is 0 Å². The molecule has 0 atom stereocenters. The third-order valence-electron chi connectivity index (χ3n) is 5.44. The van der Waals surface area contributed by atoms with Crippen LogP contribution < -0.4 is 15.6 Å². The molecule has 0 unspecified atom stereocenters. The normalized spacial score (nSPS) is 10.9. The predicted octanol–water partition coefficient (Wildman–Crippen LogP) is 3.61. The van der Waals surface area contributed by atoms with Gasteiger partial charge in [-0.05, 0) is 57.3 Å². The molecule has 3 aromatic rings. The third kappa shape index (κ3) is 5.03. The lowest BCUT2D eigenvalue weighted by atomic mass is 10.2. The third-order valence-corrected chi connectivity index (χ3v) is 5.44. The molecule has 0 aliphatic carbocycles. The van der Waals surface area contributed by atoms with Gasteiger partial charge in [-0.25, -0.2) is 0 Å². The van der Waals surface area contributed by atoms with Crippen LogP contribution in [0.4, 0.5) is 0 Å². The van der Waals surface area contributed by atoms with Crippen LogP contribution >= 0.6 is 0 Å². The number of hydrogen-bond acceptors (Lipinski definition) is 5. The second kappa shape index (κ2) is 10.2. The van der Waals surface area contributed by atoms with E-state index in [9.17, 15) is 9.59 Å². The number of carbonyl (C=O) groups is 2. The van der Waals surface area contributed by atoms with Gasteiger partial charge in [0.1, 0.15) is 11.5 Å². The van der Waals surface area contributed by atoms with Crippen LogP contribution in [0.2, 0.25) is 0 Å². The molecule has 2 heterocycles. The van der Waals surface area contributed by atoms with Gasteiger partial charge in [0.25, 0.3) is 5.91 Å². The van der Waals surface area contributed by atoms with Crippen LogP contribution in [-0.4, -0.2) is 41.5 Å². The molecule has 32 heavy (non-hydrogen) atoms. The highest BCUT2D eigenvalue weighted by atomic mass is 16.5. The summed E-state index contributed by atoms with van der Waals surface area (Å²) in [5.41, 5.74) is 7.90. The molecule has 2 N–H and O–H groups in total. The molecule has 170 valence electrons. The highest BCUT2D eigenvalue weighted by molar-refractivity contribution is 5.99. The molecule has 3 rings (SSSR count). The van der Waals surface area contributed by atoms with Crippen molar-refractivity contribution < 1.29 is 18.7 Å². The zero-order valence-corrected chi connectivity index (χ0v) is 19.2. The van der Waals surface area contributed by atoms with E-state index in [-0.39, 0.29) is 5.76 Å². The quantitative estimate of drug-likeness (QED) is 0.525. The van der Waals surface area contributed by atoms with Crippen LogP contribution in [0.25, 0.3) is 5.69 Å². The number of rotatable bonds is 8. The monoisotopic (exact) mass is 438 g/mol. The Morgan fingerprint density at radius 2 is 1.75 bits per heavy atom.